The van der Waals surface area contributed by atoms with Crippen LogP contribution in [0, 0.1) is 5.21 Å². The van der Waals surface area contributed by atoms with Crippen LogP contribution in [0.15, 0.2) is 53.4 Å². The Labute approximate surface area is 133 Å². The fraction of sp³-hybridized carbons (Fsp3) is 0.188. The van der Waals surface area contributed by atoms with Crippen molar-refractivity contribution in [3.63, 3.8) is 0 Å². The van der Waals surface area contributed by atoms with Crippen molar-refractivity contribution in [3.05, 3.63) is 64.9 Å². The van der Waals surface area contributed by atoms with E-state index in [0.29, 0.717) is 11.3 Å². The van der Waals surface area contributed by atoms with E-state index in [1.807, 2.05) is 30.3 Å². The second kappa shape index (κ2) is 7.95. The van der Waals surface area contributed by atoms with E-state index in [4.69, 9.17) is 4.74 Å². The molecule has 0 amide bonds. The normalized spacial score (nSPS) is 12.0. The highest BCUT2D eigenvalue weighted by molar-refractivity contribution is 7.98. The van der Waals surface area contributed by atoms with Crippen LogP contribution in [0.2, 0.25) is 0 Å². The maximum absolute atomic E-state index is 11.7. The SMILES string of the molecule is CCOC(=O)c1ccc(CSc2ccccc2)c([NH+]([O-])O)c1. The third kappa shape index (κ3) is 4.32. The number of quaternary nitrogens is 1. The predicted octanol–water partition coefficient (Wildman–Crippen LogP) is 2.56. The first kappa shape index (κ1) is 16.5. The molecule has 1 atom stereocenters. The Morgan fingerprint density at radius 3 is 2.64 bits per heavy atom. The lowest BCUT2D eigenvalue weighted by Crippen LogP contribution is -2.99. The van der Waals surface area contributed by atoms with Gasteiger partial charge >= 0.3 is 5.97 Å². The second-order valence-corrected chi connectivity index (χ2v) is 5.55. The topological polar surface area (TPSA) is 74.0 Å². The van der Waals surface area contributed by atoms with E-state index >= 15 is 0 Å². The molecular formula is C16H17NO4S. The molecule has 0 saturated carbocycles. The highest BCUT2D eigenvalue weighted by Gasteiger charge is 2.15. The Morgan fingerprint density at radius 1 is 1.27 bits per heavy atom. The van der Waals surface area contributed by atoms with Gasteiger partial charge in [-0.2, -0.15) is 5.23 Å². The summed E-state index contributed by atoms with van der Waals surface area (Å²) in [5.41, 5.74) is 1.07. The van der Waals surface area contributed by atoms with Crippen molar-refractivity contribution < 1.29 is 20.0 Å². The van der Waals surface area contributed by atoms with Crippen molar-refractivity contribution in [2.45, 2.75) is 17.6 Å². The smallest absolute Gasteiger partial charge is 0.338 e. The summed E-state index contributed by atoms with van der Waals surface area (Å²) in [6.45, 7) is 1.97. The van der Waals surface area contributed by atoms with Crippen LogP contribution in [0.25, 0.3) is 0 Å². The van der Waals surface area contributed by atoms with Crippen LogP contribution in [0.1, 0.15) is 22.8 Å². The summed E-state index contributed by atoms with van der Waals surface area (Å²) >= 11 is 1.55. The summed E-state index contributed by atoms with van der Waals surface area (Å²) in [4.78, 5) is 12.8. The maximum Gasteiger partial charge on any atom is 0.338 e. The summed E-state index contributed by atoms with van der Waals surface area (Å²) in [6.07, 6.45) is 0. The van der Waals surface area contributed by atoms with Crippen LogP contribution in [0.3, 0.4) is 0 Å². The average Bonchev–Trinajstić information content (AvgIpc) is 2.54. The summed E-state index contributed by atoms with van der Waals surface area (Å²) in [6, 6.07) is 14.4. The van der Waals surface area contributed by atoms with Gasteiger partial charge in [0.25, 0.3) is 0 Å². The van der Waals surface area contributed by atoms with E-state index in [1.54, 1.807) is 30.8 Å². The van der Waals surface area contributed by atoms with Gasteiger partial charge in [-0.05, 0) is 25.1 Å². The van der Waals surface area contributed by atoms with E-state index in [2.05, 4.69) is 0 Å². The second-order valence-electron chi connectivity index (χ2n) is 4.50. The van der Waals surface area contributed by atoms with Crippen molar-refractivity contribution in [1.29, 1.82) is 0 Å². The molecule has 0 saturated heterocycles. The van der Waals surface area contributed by atoms with Gasteiger partial charge in [-0.3, -0.25) is 0 Å². The lowest BCUT2D eigenvalue weighted by molar-refractivity contribution is -0.991. The zero-order valence-corrected chi connectivity index (χ0v) is 12.9. The molecule has 0 spiro atoms. The number of thioether (sulfide) groups is 1. The number of hydrogen-bond donors (Lipinski definition) is 2. The molecule has 0 bridgehead atoms. The highest BCUT2D eigenvalue weighted by Crippen LogP contribution is 2.26. The molecule has 0 aliphatic heterocycles. The molecule has 2 aromatic rings. The molecule has 22 heavy (non-hydrogen) atoms. The van der Waals surface area contributed by atoms with Crippen LogP contribution in [0.4, 0.5) is 5.69 Å². The quantitative estimate of drug-likeness (QED) is 0.486. The van der Waals surface area contributed by atoms with Crippen molar-refractivity contribution in [2.24, 2.45) is 0 Å². The number of esters is 1. The lowest BCUT2D eigenvalue weighted by Gasteiger charge is -2.16. The van der Waals surface area contributed by atoms with Crippen LogP contribution >= 0.6 is 11.8 Å². The summed E-state index contributed by atoms with van der Waals surface area (Å²) in [5, 5.41) is 19.7. The molecule has 0 fully saturated rings. The van der Waals surface area contributed by atoms with E-state index < -0.39 is 11.2 Å². The van der Waals surface area contributed by atoms with Gasteiger partial charge in [0.2, 0.25) is 0 Å². The van der Waals surface area contributed by atoms with E-state index in [0.717, 1.165) is 4.90 Å². The van der Waals surface area contributed by atoms with Gasteiger partial charge in [-0.1, -0.05) is 24.3 Å². The molecular weight excluding hydrogens is 302 g/mol. The molecule has 2 N–H and O–H groups in total. The summed E-state index contributed by atoms with van der Waals surface area (Å²) < 4.78 is 4.89. The zero-order chi connectivity index (χ0) is 15.9. The number of ether oxygens (including phenoxy) is 1. The van der Waals surface area contributed by atoms with E-state index in [9.17, 15) is 15.2 Å². The van der Waals surface area contributed by atoms with Crippen LogP contribution in [0.5, 0.6) is 0 Å². The predicted molar refractivity (Wildman–Crippen MR) is 84.2 cm³/mol. The Balaban J connectivity index is 2.18. The minimum atomic E-state index is -1.05. The van der Waals surface area contributed by atoms with Crippen molar-refractivity contribution in [2.75, 3.05) is 6.61 Å². The maximum atomic E-state index is 11.7. The summed E-state index contributed by atoms with van der Waals surface area (Å²) in [7, 11) is 0. The monoisotopic (exact) mass is 319 g/mol. The third-order valence-electron chi connectivity index (χ3n) is 2.99. The number of hydrogen-bond acceptors (Lipinski definition) is 5. The third-order valence-corrected chi connectivity index (χ3v) is 4.05. The van der Waals surface area contributed by atoms with Gasteiger partial charge in [0.05, 0.1) is 12.2 Å². The fourth-order valence-corrected chi connectivity index (χ4v) is 2.84. The fourth-order valence-electron chi connectivity index (χ4n) is 1.92. The Hall–Kier alpha value is -1.86. The first-order valence-corrected chi connectivity index (χ1v) is 7.81. The molecule has 5 nitrogen and oxygen atoms in total. The largest absolute Gasteiger partial charge is 0.595 e. The lowest BCUT2D eigenvalue weighted by atomic mass is 10.1. The van der Waals surface area contributed by atoms with E-state index in [-0.39, 0.29) is 17.9 Å². The highest BCUT2D eigenvalue weighted by atomic mass is 32.2. The van der Waals surface area contributed by atoms with Gasteiger partial charge in [-0.25, -0.2) is 10.0 Å². The Bertz CT molecular complexity index is 631. The minimum Gasteiger partial charge on any atom is -0.595 e. The molecule has 0 aromatic heterocycles. The molecule has 116 valence electrons. The molecule has 0 radical (unpaired) electrons. The van der Waals surface area contributed by atoms with Crippen molar-refractivity contribution >= 4 is 23.4 Å². The zero-order valence-electron chi connectivity index (χ0n) is 12.1. The molecule has 0 heterocycles. The number of rotatable bonds is 6. The molecule has 0 aliphatic carbocycles. The minimum absolute atomic E-state index is 0.133. The van der Waals surface area contributed by atoms with Crippen LogP contribution in [-0.2, 0) is 10.5 Å². The Kier molecular flexibility index (Phi) is 5.97. The first-order chi connectivity index (χ1) is 10.6. The average molecular weight is 319 g/mol. The standard InChI is InChI=1S/C16H17NO4S/c1-2-21-16(18)12-8-9-13(15(10-12)17(19)20)11-22-14-6-4-3-5-7-14/h3-10,17,19H,2,11H2,1H3. The van der Waals surface area contributed by atoms with Gasteiger partial charge < -0.3 is 9.94 Å². The van der Waals surface area contributed by atoms with Crippen LogP contribution < -0.4 is 5.23 Å². The first-order valence-electron chi connectivity index (χ1n) is 6.83. The Morgan fingerprint density at radius 2 is 2.00 bits per heavy atom. The summed E-state index contributed by atoms with van der Waals surface area (Å²) in [5.74, 6) is 0.0154. The van der Waals surface area contributed by atoms with E-state index in [1.165, 1.54) is 6.07 Å². The molecule has 2 rings (SSSR count). The molecule has 2 aromatic carbocycles. The van der Waals surface area contributed by atoms with Gasteiger partial charge in [0.15, 0.2) is 5.69 Å². The molecule has 1 unspecified atom stereocenters. The number of benzene rings is 2. The van der Waals surface area contributed by atoms with Gasteiger partial charge in [0, 0.05) is 22.3 Å². The number of nitrogens with one attached hydrogen (secondary N) is 1. The van der Waals surface area contributed by atoms with Crippen molar-refractivity contribution in [1.82, 2.24) is 0 Å². The number of carbonyl (C=O) groups excluding carboxylic acids is 1. The van der Waals surface area contributed by atoms with Crippen molar-refractivity contribution in [3.8, 4) is 0 Å². The number of carbonyl (C=O) groups is 1. The van der Waals surface area contributed by atoms with Gasteiger partial charge in [-0.15, -0.1) is 11.8 Å². The van der Waals surface area contributed by atoms with Crippen LogP contribution in [-0.4, -0.2) is 17.8 Å². The van der Waals surface area contributed by atoms with Gasteiger partial charge in [0.1, 0.15) is 0 Å². The molecule has 6 heteroatoms. The molecule has 0 aliphatic rings.